The average Bonchev–Trinajstić information content (AvgIpc) is 3.12. The van der Waals surface area contributed by atoms with Crippen LogP contribution in [-0.4, -0.2) is 64.1 Å². The largest absolute Gasteiger partial charge is 0.462 e. The summed E-state index contributed by atoms with van der Waals surface area (Å²) in [6.07, 6.45) is 32.4. The SMILES string of the molecule is CCCCCCCCC=CCCCCCCCC(=O)OC[C@@H](OC(=O)CCCCCCCC=CCCCCCCCC)[C@@H](O)[C@H](O)[C@@H](O)C(C)=O. The molecule has 8 nitrogen and oxygen atoms in total. The van der Waals surface area contributed by atoms with Crippen molar-refractivity contribution in [1.29, 1.82) is 0 Å². The fraction of sp³-hybridized carbons (Fsp3) is 0.837. The Balaban J connectivity index is 4.29. The Kier molecular flexibility index (Phi) is 34.9. The predicted octanol–water partition coefficient (Wildman–Crippen LogP) is 10.2. The van der Waals surface area contributed by atoms with Crippen LogP contribution < -0.4 is 0 Å². The highest BCUT2D eigenvalue weighted by atomic mass is 16.6. The van der Waals surface area contributed by atoms with Crippen molar-refractivity contribution in [1.82, 2.24) is 0 Å². The number of esters is 2. The number of allylic oxidation sites excluding steroid dienone is 4. The molecule has 0 saturated carbocycles. The Morgan fingerprint density at radius 3 is 1.24 bits per heavy atom. The molecule has 0 rings (SSSR count). The lowest BCUT2D eigenvalue weighted by atomic mass is 10.0. The molecule has 0 saturated heterocycles. The number of carbonyl (C=O) groups excluding carboxylic acids is 3. The van der Waals surface area contributed by atoms with Crippen LogP contribution >= 0.6 is 0 Å². The van der Waals surface area contributed by atoms with Crippen LogP contribution in [0.25, 0.3) is 0 Å². The molecule has 3 N–H and O–H groups in total. The highest BCUT2D eigenvalue weighted by Crippen LogP contribution is 2.15. The van der Waals surface area contributed by atoms with Gasteiger partial charge in [-0.3, -0.25) is 14.4 Å². The van der Waals surface area contributed by atoms with Crippen molar-refractivity contribution < 1.29 is 39.2 Å². The van der Waals surface area contributed by atoms with Gasteiger partial charge in [0.25, 0.3) is 0 Å². The smallest absolute Gasteiger partial charge is 0.306 e. The molecule has 0 fully saturated rings. The van der Waals surface area contributed by atoms with Crippen molar-refractivity contribution in [2.75, 3.05) is 6.61 Å². The number of hydrogen-bond donors (Lipinski definition) is 3. The Morgan fingerprint density at radius 2 is 0.843 bits per heavy atom. The van der Waals surface area contributed by atoms with Crippen molar-refractivity contribution in [2.24, 2.45) is 0 Å². The van der Waals surface area contributed by atoms with E-state index >= 15 is 0 Å². The molecule has 0 aromatic carbocycles. The molecule has 0 aliphatic heterocycles. The maximum absolute atomic E-state index is 12.6. The summed E-state index contributed by atoms with van der Waals surface area (Å²) in [5.74, 6) is -1.81. The molecule has 0 aromatic heterocycles. The zero-order valence-electron chi connectivity index (χ0n) is 33.0. The van der Waals surface area contributed by atoms with E-state index in [0.29, 0.717) is 12.8 Å². The van der Waals surface area contributed by atoms with Gasteiger partial charge in [-0.25, -0.2) is 0 Å². The highest BCUT2D eigenvalue weighted by Gasteiger charge is 2.36. The molecule has 0 unspecified atom stereocenters. The topological polar surface area (TPSA) is 130 Å². The monoisotopic (exact) mass is 723 g/mol. The predicted molar refractivity (Wildman–Crippen MR) is 208 cm³/mol. The fourth-order valence-corrected chi connectivity index (χ4v) is 6.00. The van der Waals surface area contributed by atoms with Gasteiger partial charge in [0.2, 0.25) is 0 Å². The lowest BCUT2D eigenvalue weighted by molar-refractivity contribution is -0.177. The fourth-order valence-electron chi connectivity index (χ4n) is 6.00. The van der Waals surface area contributed by atoms with Gasteiger partial charge in [0.05, 0.1) is 0 Å². The second-order valence-corrected chi connectivity index (χ2v) is 14.4. The molecule has 0 aromatic rings. The number of carbonyl (C=O) groups is 3. The van der Waals surface area contributed by atoms with Crippen LogP contribution in [0, 0.1) is 0 Å². The Bertz CT molecular complexity index is 885. The standard InChI is InChI=1S/C43H78O8/c1-4-6-8-10-12-14-16-18-20-22-24-26-28-30-32-34-39(45)50-36-38(42(48)43(49)41(47)37(3)44)51-40(46)35-33-31-29-27-25-23-21-19-17-15-13-11-9-7-5-2/h18-21,38,41-43,47-49H,4-17,22-36H2,1-3H3/t38-,41+,42-,43-/m1/s1. The summed E-state index contributed by atoms with van der Waals surface area (Å²) in [5, 5.41) is 30.9. The van der Waals surface area contributed by atoms with Crippen molar-refractivity contribution in [3.8, 4) is 0 Å². The van der Waals surface area contributed by atoms with Gasteiger partial charge >= 0.3 is 11.9 Å². The van der Waals surface area contributed by atoms with Crippen LogP contribution in [0.3, 0.4) is 0 Å². The number of ketones is 1. The lowest BCUT2D eigenvalue weighted by Gasteiger charge is -2.28. The first-order valence-electron chi connectivity index (χ1n) is 20.9. The van der Waals surface area contributed by atoms with E-state index in [9.17, 15) is 29.7 Å². The Labute approximate surface area is 312 Å². The summed E-state index contributed by atoms with van der Waals surface area (Å²) in [7, 11) is 0. The molecule has 0 radical (unpaired) electrons. The van der Waals surface area contributed by atoms with Crippen LogP contribution in [0.2, 0.25) is 0 Å². The zero-order valence-corrected chi connectivity index (χ0v) is 33.0. The molecule has 0 aliphatic rings. The number of hydrogen-bond acceptors (Lipinski definition) is 8. The van der Waals surface area contributed by atoms with E-state index in [1.165, 1.54) is 83.5 Å². The quantitative estimate of drug-likeness (QED) is 0.0328. The highest BCUT2D eigenvalue weighted by molar-refractivity contribution is 5.80. The summed E-state index contributed by atoms with van der Waals surface area (Å²) in [5.41, 5.74) is 0. The molecule has 0 bridgehead atoms. The molecular weight excluding hydrogens is 644 g/mol. The molecule has 0 aliphatic carbocycles. The van der Waals surface area contributed by atoms with Crippen LogP contribution in [0.15, 0.2) is 24.3 Å². The number of unbranched alkanes of at least 4 members (excludes halogenated alkanes) is 22. The molecular formula is C43H78O8. The van der Waals surface area contributed by atoms with Crippen molar-refractivity contribution in [3.63, 3.8) is 0 Å². The summed E-state index contributed by atoms with van der Waals surface area (Å²) in [6, 6.07) is 0. The Morgan fingerprint density at radius 1 is 0.490 bits per heavy atom. The maximum atomic E-state index is 12.6. The van der Waals surface area contributed by atoms with Crippen LogP contribution in [0.4, 0.5) is 0 Å². The van der Waals surface area contributed by atoms with Gasteiger partial charge in [-0.05, 0) is 71.1 Å². The van der Waals surface area contributed by atoms with Gasteiger partial charge in [0, 0.05) is 12.8 Å². The first kappa shape index (κ1) is 49.0. The van der Waals surface area contributed by atoms with E-state index in [1.807, 2.05) is 0 Å². The van der Waals surface area contributed by atoms with E-state index in [1.54, 1.807) is 0 Å². The second kappa shape index (κ2) is 36.3. The molecule has 51 heavy (non-hydrogen) atoms. The van der Waals surface area contributed by atoms with E-state index in [2.05, 4.69) is 38.2 Å². The van der Waals surface area contributed by atoms with Gasteiger partial charge < -0.3 is 24.8 Å². The van der Waals surface area contributed by atoms with Crippen LogP contribution in [0.1, 0.15) is 201 Å². The minimum Gasteiger partial charge on any atom is -0.462 e. The van der Waals surface area contributed by atoms with E-state index in [4.69, 9.17) is 9.47 Å². The average molecular weight is 723 g/mol. The first-order valence-corrected chi connectivity index (χ1v) is 20.9. The maximum Gasteiger partial charge on any atom is 0.306 e. The van der Waals surface area contributed by atoms with E-state index in [-0.39, 0.29) is 12.8 Å². The Hall–Kier alpha value is -2.03. The number of Topliss-reactive ketones (excluding diaryl/α,β-unsaturated/α-hetero) is 1. The molecule has 0 spiro atoms. The van der Waals surface area contributed by atoms with Gasteiger partial charge in [-0.15, -0.1) is 0 Å². The molecule has 0 amide bonds. The summed E-state index contributed by atoms with van der Waals surface area (Å²) >= 11 is 0. The summed E-state index contributed by atoms with van der Waals surface area (Å²) < 4.78 is 10.7. The van der Waals surface area contributed by atoms with Gasteiger partial charge in [-0.1, -0.05) is 141 Å². The van der Waals surface area contributed by atoms with Crippen LogP contribution in [-0.2, 0) is 23.9 Å². The molecule has 298 valence electrons. The van der Waals surface area contributed by atoms with Gasteiger partial charge in [-0.2, -0.15) is 0 Å². The number of aliphatic hydroxyl groups is 3. The minimum absolute atomic E-state index is 0.121. The molecule has 4 atom stereocenters. The summed E-state index contributed by atoms with van der Waals surface area (Å²) in [6.45, 7) is 5.10. The van der Waals surface area contributed by atoms with E-state index in [0.717, 1.165) is 77.6 Å². The zero-order chi connectivity index (χ0) is 37.8. The molecule has 8 heteroatoms. The van der Waals surface area contributed by atoms with Crippen LogP contribution in [0.5, 0.6) is 0 Å². The summed E-state index contributed by atoms with van der Waals surface area (Å²) in [4.78, 5) is 36.6. The first-order chi connectivity index (χ1) is 24.7. The third-order valence-corrected chi connectivity index (χ3v) is 9.45. The van der Waals surface area contributed by atoms with Crippen molar-refractivity contribution in [2.45, 2.75) is 225 Å². The lowest BCUT2D eigenvalue weighted by Crippen LogP contribution is -2.50. The second-order valence-electron chi connectivity index (χ2n) is 14.4. The van der Waals surface area contributed by atoms with Crippen molar-refractivity contribution in [3.05, 3.63) is 24.3 Å². The number of rotatable bonds is 37. The normalized spacial score (nSPS) is 14.2. The minimum atomic E-state index is -1.88. The van der Waals surface area contributed by atoms with Crippen molar-refractivity contribution >= 4 is 17.7 Å². The molecule has 0 heterocycles. The van der Waals surface area contributed by atoms with Gasteiger partial charge in [0.1, 0.15) is 24.9 Å². The number of aliphatic hydroxyl groups excluding tert-OH is 3. The third-order valence-electron chi connectivity index (χ3n) is 9.45. The number of ether oxygens (including phenoxy) is 2. The van der Waals surface area contributed by atoms with E-state index < -0.39 is 48.7 Å². The van der Waals surface area contributed by atoms with Gasteiger partial charge in [0.15, 0.2) is 11.9 Å². The third kappa shape index (κ3) is 31.2.